The van der Waals surface area contributed by atoms with Crippen LogP contribution in [-0.4, -0.2) is 51.3 Å². The van der Waals surface area contributed by atoms with Gasteiger partial charge in [-0.05, 0) is 36.9 Å². The number of phenolic OH excluding ortho intramolecular Hbond substituents is 1. The zero-order valence-corrected chi connectivity index (χ0v) is 19.4. The Labute approximate surface area is 202 Å². The Kier molecular flexibility index (Phi) is 4.97. The van der Waals surface area contributed by atoms with Crippen molar-refractivity contribution in [1.29, 1.82) is 0 Å². The first-order valence-corrected chi connectivity index (χ1v) is 11.8. The summed E-state index contributed by atoms with van der Waals surface area (Å²) < 4.78 is 22.6. The molecule has 2 aromatic carbocycles. The van der Waals surface area contributed by atoms with Gasteiger partial charge >= 0.3 is 0 Å². The number of ether oxygens (including phenoxy) is 1. The molecule has 176 valence electrons. The molecule has 4 heterocycles. The second-order valence-corrected chi connectivity index (χ2v) is 9.02. The Morgan fingerprint density at radius 3 is 2.94 bits per heavy atom. The number of piperazine rings is 1. The molecule has 0 spiro atoms. The lowest BCUT2D eigenvalue weighted by molar-refractivity contribution is 0.149. The number of nitrogens with one attached hydrogen (secondary N) is 1. The molecule has 2 aliphatic heterocycles. The van der Waals surface area contributed by atoms with Crippen molar-refractivity contribution in [1.82, 2.24) is 20.3 Å². The number of aromatic nitrogens is 3. The van der Waals surface area contributed by atoms with Gasteiger partial charge < -0.3 is 20.1 Å². The minimum Gasteiger partial charge on any atom is -0.508 e. The molecule has 8 heteroatoms. The zero-order valence-electron chi connectivity index (χ0n) is 19.4. The first-order chi connectivity index (χ1) is 17.0. The summed E-state index contributed by atoms with van der Waals surface area (Å²) in [7, 11) is 0. The van der Waals surface area contributed by atoms with E-state index in [9.17, 15) is 5.11 Å². The molecule has 0 radical (unpaired) electrons. The van der Waals surface area contributed by atoms with E-state index >= 15 is 4.39 Å². The van der Waals surface area contributed by atoms with Crippen LogP contribution in [0.2, 0.25) is 0 Å². The summed E-state index contributed by atoms with van der Waals surface area (Å²) in [5.41, 5.74) is 1.12. The van der Waals surface area contributed by atoms with Gasteiger partial charge in [-0.1, -0.05) is 25.0 Å². The molecule has 0 amide bonds. The van der Waals surface area contributed by atoms with Crippen LogP contribution < -0.4 is 15.0 Å². The molecule has 0 bridgehead atoms. The highest BCUT2D eigenvalue weighted by Crippen LogP contribution is 2.43. The third kappa shape index (κ3) is 3.19. The van der Waals surface area contributed by atoms with Gasteiger partial charge in [0.1, 0.15) is 40.6 Å². The molecule has 6 rings (SSSR count). The van der Waals surface area contributed by atoms with E-state index in [4.69, 9.17) is 11.2 Å². The van der Waals surface area contributed by atoms with E-state index in [1.807, 2.05) is 13.0 Å². The number of halogens is 1. The molecule has 35 heavy (non-hydrogen) atoms. The molecule has 4 aromatic rings. The predicted octanol–water partition coefficient (Wildman–Crippen LogP) is 4.01. The van der Waals surface area contributed by atoms with Crippen molar-refractivity contribution in [2.75, 3.05) is 18.0 Å². The maximum absolute atomic E-state index is 16.2. The van der Waals surface area contributed by atoms with Gasteiger partial charge in [-0.25, -0.2) is 19.3 Å². The van der Waals surface area contributed by atoms with Crippen molar-refractivity contribution in [3.05, 3.63) is 48.0 Å². The largest absolute Gasteiger partial charge is 0.508 e. The summed E-state index contributed by atoms with van der Waals surface area (Å²) in [6.45, 7) is 5.64. The van der Waals surface area contributed by atoms with Crippen LogP contribution in [-0.2, 0) is 0 Å². The first kappa shape index (κ1) is 21.6. The molecule has 2 aromatic heterocycles. The van der Waals surface area contributed by atoms with Crippen LogP contribution in [0, 0.1) is 18.2 Å². The SMILES string of the molecule is C#Cc1cccc2cc(O)cc(-c3nc4c5c(ncnc5c3F)N3CCN[C@@H](CC)[C@H]3[C@H](C)O4)c12. The van der Waals surface area contributed by atoms with E-state index in [1.54, 1.807) is 18.2 Å². The minimum absolute atomic E-state index is 0.00204. The fraction of sp³-hybridized carbons (Fsp3) is 0.296. The number of hydrogen-bond donors (Lipinski definition) is 2. The monoisotopic (exact) mass is 469 g/mol. The van der Waals surface area contributed by atoms with Crippen LogP contribution in [0.3, 0.4) is 0 Å². The number of anilines is 1. The van der Waals surface area contributed by atoms with Gasteiger partial charge in [0.15, 0.2) is 5.82 Å². The first-order valence-electron chi connectivity index (χ1n) is 11.8. The van der Waals surface area contributed by atoms with Crippen LogP contribution in [0.4, 0.5) is 10.2 Å². The smallest absolute Gasteiger partial charge is 0.227 e. The normalized spacial score (nSPS) is 21.3. The topological polar surface area (TPSA) is 83.4 Å². The fourth-order valence-corrected chi connectivity index (χ4v) is 5.58. The second-order valence-electron chi connectivity index (χ2n) is 9.02. The fourth-order valence-electron chi connectivity index (χ4n) is 5.58. The molecule has 0 saturated carbocycles. The van der Waals surface area contributed by atoms with Gasteiger partial charge in [0, 0.05) is 35.6 Å². The molecule has 2 aliphatic rings. The van der Waals surface area contributed by atoms with Crippen LogP contribution in [0.15, 0.2) is 36.7 Å². The number of rotatable bonds is 2. The maximum atomic E-state index is 16.2. The van der Waals surface area contributed by atoms with Crippen molar-refractivity contribution in [2.45, 2.75) is 38.5 Å². The van der Waals surface area contributed by atoms with Crippen LogP contribution in [0.1, 0.15) is 25.8 Å². The van der Waals surface area contributed by atoms with E-state index in [0.29, 0.717) is 39.6 Å². The Balaban J connectivity index is 1.66. The number of nitrogens with zero attached hydrogens (tertiary/aromatic N) is 4. The Hall–Kier alpha value is -3.96. The third-order valence-electron chi connectivity index (χ3n) is 7.06. The quantitative estimate of drug-likeness (QED) is 0.429. The summed E-state index contributed by atoms with van der Waals surface area (Å²) in [6.07, 6.45) is 7.83. The van der Waals surface area contributed by atoms with E-state index in [1.165, 1.54) is 12.4 Å². The highest BCUT2D eigenvalue weighted by molar-refractivity contribution is 6.04. The maximum Gasteiger partial charge on any atom is 0.227 e. The molecule has 0 unspecified atom stereocenters. The molecular weight excluding hydrogens is 445 g/mol. The average molecular weight is 470 g/mol. The van der Waals surface area contributed by atoms with E-state index in [0.717, 1.165) is 13.0 Å². The Morgan fingerprint density at radius 2 is 2.14 bits per heavy atom. The summed E-state index contributed by atoms with van der Waals surface area (Å²) in [5.74, 6) is 2.95. The van der Waals surface area contributed by atoms with Crippen molar-refractivity contribution in [3.8, 4) is 35.2 Å². The third-order valence-corrected chi connectivity index (χ3v) is 7.06. The molecule has 0 aliphatic carbocycles. The highest BCUT2D eigenvalue weighted by Gasteiger charge is 2.41. The molecule has 3 atom stereocenters. The van der Waals surface area contributed by atoms with Gasteiger partial charge in [0.05, 0.1) is 6.04 Å². The lowest BCUT2D eigenvalue weighted by Gasteiger charge is -2.43. The van der Waals surface area contributed by atoms with Crippen molar-refractivity contribution < 1.29 is 14.2 Å². The number of benzene rings is 2. The lowest BCUT2D eigenvalue weighted by Crippen LogP contribution is -2.62. The zero-order chi connectivity index (χ0) is 24.3. The van der Waals surface area contributed by atoms with Crippen LogP contribution in [0.5, 0.6) is 11.6 Å². The van der Waals surface area contributed by atoms with Crippen LogP contribution in [0.25, 0.3) is 32.9 Å². The molecule has 7 nitrogen and oxygen atoms in total. The number of pyridine rings is 1. The van der Waals surface area contributed by atoms with Gasteiger partial charge in [0.2, 0.25) is 5.88 Å². The molecule has 2 N–H and O–H groups in total. The number of aromatic hydroxyl groups is 1. The van der Waals surface area contributed by atoms with Gasteiger partial charge in [0.25, 0.3) is 0 Å². The van der Waals surface area contributed by atoms with E-state index < -0.39 is 5.82 Å². The Morgan fingerprint density at radius 1 is 1.29 bits per heavy atom. The van der Waals surface area contributed by atoms with Crippen molar-refractivity contribution >= 4 is 27.5 Å². The highest BCUT2D eigenvalue weighted by atomic mass is 19.1. The average Bonchev–Trinajstić information content (AvgIpc) is 3.00. The molecule has 1 saturated heterocycles. The minimum atomic E-state index is -0.608. The van der Waals surface area contributed by atoms with Gasteiger partial charge in [-0.3, -0.25) is 0 Å². The summed E-state index contributed by atoms with van der Waals surface area (Å²) >= 11 is 0. The number of terminal acetylenes is 1. The molecule has 1 fully saturated rings. The van der Waals surface area contributed by atoms with Crippen LogP contribution >= 0.6 is 0 Å². The lowest BCUT2D eigenvalue weighted by atomic mass is 9.96. The predicted molar refractivity (Wildman–Crippen MR) is 133 cm³/mol. The summed E-state index contributed by atoms with van der Waals surface area (Å²) in [5, 5.41) is 15.8. The van der Waals surface area contributed by atoms with E-state index in [-0.39, 0.29) is 41.0 Å². The molecular formula is C27H24FN5O2. The summed E-state index contributed by atoms with van der Waals surface area (Å²) in [4.78, 5) is 15.7. The van der Waals surface area contributed by atoms with Gasteiger partial charge in [-0.2, -0.15) is 0 Å². The number of phenols is 1. The summed E-state index contributed by atoms with van der Waals surface area (Å²) in [6, 6.07) is 8.68. The second kappa shape index (κ2) is 8.07. The van der Waals surface area contributed by atoms with E-state index in [2.05, 4.69) is 38.0 Å². The van der Waals surface area contributed by atoms with Crippen molar-refractivity contribution in [2.24, 2.45) is 0 Å². The Bertz CT molecular complexity index is 1530. The standard InChI is InChI=1S/C27H24FN5O2/c1-4-15-7-6-8-16-11-17(34)12-18(20(15)16)23-22(28)24-21-26(31-13-30-24)33-10-9-29-19(5-2)25(33)14(3)35-27(21)32-23/h1,6-8,11-14,19,25,29,34H,5,9-10H2,2-3H3/t14-,19-,25+/m0/s1. The number of hydrogen-bond acceptors (Lipinski definition) is 7. The van der Waals surface area contributed by atoms with Crippen molar-refractivity contribution in [3.63, 3.8) is 0 Å². The number of fused-ring (bicyclic) bond motifs is 3. The van der Waals surface area contributed by atoms with Gasteiger partial charge in [-0.15, -0.1) is 6.42 Å².